The Morgan fingerprint density at radius 3 is 2.92 bits per heavy atom. The average molecular weight is 244 g/mol. The van der Waals surface area contributed by atoms with Crippen LogP contribution < -0.4 is 0 Å². The van der Waals surface area contributed by atoms with Crippen LogP contribution in [0.2, 0.25) is 0 Å². The van der Waals surface area contributed by atoms with E-state index in [0.29, 0.717) is 4.47 Å². The van der Waals surface area contributed by atoms with E-state index in [-0.39, 0.29) is 5.82 Å². The summed E-state index contributed by atoms with van der Waals surface area (Å²) in [6, 6.07) is 3.53. The molecule has 70 valence electrons. The van der Waals surface area contributed by atoms with Gasteiger partial charge in [0.1, 0.15) is 5.82 Å². The Hall–Kier alpha value is -0.410. The van der Waals surface area contributed by atoms with E-state index in [1.54, 1.807) is 6.07 Å². The molecule has 2 rings (SSSR count). The molecule has 0 unspecified atom stereocenters. The first-order valence-corrected chi connectivity index (χ1v) is 5.11. The third-order valence-electron chi connectivity index (χ3n) is 2.45. The predicted molar refractivity (Wildman–Crippen MR) is 54.1 cm³/mol. The van der Waals surface area contributed by atoms with E-state index >= 15 is 0 Å². The molecule has 0 N–H and O–H groups in total. The number of benzene rings is 1. The molecule has 0 radical (unpaired) electrons. The van der Waals surface area contributed by atoms with Crippen molar-refractivity contribution in [3.8, 4) is 0 Å². The van der Waals surface area contributed by atoms with E-state index < -0.39 is 0 Å². The van der Waals surface area contributed by atoms with Crippen molar-refractivity contribution in [2.24, 2.45) is 0 Å². The lowest BCUT2D eigenvalue weighted by Gasteiger charge is -2.25. The highest BCUT2D eigenvalue weighted by Gasteiger charge is 2.14. The van der Waals surface area contributed by atoms with Crippen LogP contribution in [0.25, 0.3) is 0 Å². The molecule has 1 aromatic carbocycles. The molecule has 0 aliphatic carbocycles. The number of hydrogen-bond donors (Lipinski definition) is 0. The van der Waals surface area contributed by atoms with Crippen molar-refractivity contribution in [3.63, 3.8) is 0 Å². The Kier molecular flexibility index (Phi) is 2.39. The molecule has 0 fully saturated rings. The Morgan fingerprint density at radius 2 is 2.15 bits per heavy atom. The van der Waals surface area contributed by atoms with Gasteiger partial charge in [-0.25, -0.2) is 4.39 Å². The molecule has 1 heterocycles. The summed E-state index contributed by atoms with van der Waals surface area (Å²) in [6.07, 6.45) is 0.954. The highest BCUT2D eigenvalue weighted by molar-refractivity contribution is 9.10. The quantitative estimate of drug-likeness (QED) is 0.678. The summed E-state index contributed by atoms with van der Waals surface area (Å²) in [6.45, 7) is 1.95. The van der Waals surface area contributed by atoms with Gasteiger partial charge in [-0.15, -0.1) is 0 Å². The zero-order chi connectivity index (χ0) is 9.42. The predicted octanol–water partition coefficient (Wildman–Crippen LogP) is 2.58. The lowest BCUT2D eigenvalue weighted by Crippen LogP contribution is -2.26. The first-order valence-electron chi connectivity index (χ1n) is 4.32. The van der Waals surface area contributed by atoms with Gasteiger partial charge in [0.25, 0.3) is 0 Å². The zero-order valence-electron chi connectivity index (χ0n) is 7.48. The Morgan fingerprint density at radius 1 is 1.38 bits per heavy atom. The maximum Gasteiger partial charge on any atom is 0.137 e. The van der Waals surface area contributed by atoms with Gasteiger partial charge < -0.3 is 4.90 Å². The topological polar surface area (TPSA) is 3.24 Å². The van der Waals surface area contributed by atoms with E-state index in [9.17, 15) is 4.39 Å². The molecule has 3 heteroatoms. The molecule has 13 heavy (non-hydrogen) atoms. The van der Waals surface area contributed by atoms with Crippen molar-refractivity contribution >= 4 is 15.9 Å². The summed E-state index contributed by atoms with van der Waals surface area (Å²) >= 11 is 3.20. The van der Waals surface area contributed by atoms with Gasteiger partial charge in [-0.05, 0) is 52.7 Å². The Labute approximate surface area is 85.7 Å². The second-order valence-electron chi connectivity index (χ2n) is 3.52. The monoisotopic (exact) mass is 243 g/mol. The second kappa shape index (κ2) is 3.39. The normalized spacial score (nSPS) is 17.2. The van der Waals surface area contributed by atoms with Gasteiger partial charge in [0.05, 0.1) is 4.47 Å². The largest absolute Gasteiger partial charge is 0.302 e. The van der Waals surface area contributed by atoms with Crippen molar-refractivity contribution in [1.82, 2.24) is 4.90 Å². The molecule has 1 aromatic rings. The third-order valence-corrected chi connectivity index (χ3v) is 3.05. The van der Waals surface area contributed by atoms with E-state index in [2.05, 4.69) is 27.9 Å². The number of likely N-dealkylation sites (N-methyl/N-ethyl adjacent to an activating group) is 1. The van der Waals surface area contributed by atoms with Crippen molar-refractivity contribution in [3.05, 3.63) is 33.5 Å². The molecule has 0 saturated heterocycles. The standard InChI is InChI=1S/C10H11BrFN/c1-13-3-2-7-5-10(12)9(11)4-8(7)6-13/h4-5H,2-3,6H2,1H3. The smallest absolute Gasteiger partial charge is 0.137 e. The first kappa shape index (κ1) is 9.16. The molecule has 0 spiro atoms. The number of rotatable bonds is 0. The van der Waals surface area contributed by atoms with E-state index in [1.807, 2.05) is 6.07 Å². The minimum atomic E-state index is -0.150. The van der Waals surface area contributed by atoms with Crippen LogP contribution in [0.5, 0.6) is 0 Å². The molecule has 1 aliphatic heterocycles. The average Bonchev–Trinajstić information content (AvgIpc) is 2.08. The summed E-state index contributed by atoms with van der Waals surface area (Å²) in [4.78, 5) is 2.24. The molecule has 0 atom stereocenters. The highest BCUT2D eigenvalue weighted by atomic mass is 79.9. The van der Waals surface area contributed by atoms with Gasteiger partial charge in [-0.3, -0.25) is 0 Å². The van der Waals surface area contributed by atoms with Crippen LogP contribution in [-0.2, 0) is 13.0 Å². The highest BCUT2D eigenvalue weighted by Crippen LogP contribution is 2.24. The summed E-state index contributed by atoms with van der Waals surface area (Å²) in [5.41, 5.74) is 2.39. The SMILES string of the molecule is CN1CCc2cc(F)c(Br)cc2C1. The molecule has 0 amide bonds. The van der Waals surface area contributed by atoms with Crippen molar-refractivity contribution < 1.29 is 4.39 Å². The molecule has 0 bridgehead atoms. The zero-order valence-corrected chi connectivity index (χ0v) is 9.07. The minimum Gasteiger partial charge on any atom is -0.302 e. The number of nitrogens with zero attached hydrogens (tertiary/aromatic N) is 1. The molecular formula is C10H11BrFN. The first-order chi connectivity index (χ1) is 6.16. The summed E-state index contributed by atoms with van der Waals surface area (Å²) in [5, 5.41) is 0. The van der Waals surface area contributed by atoms with Crippen molar-refractivity contribution in [2.75, 3.05) is 13.6 Å². The molecule has 0 aromatic heterocycles. The van der Waals surface area contributed by atoms with Crippen LogP contribution in [0.3, 0.4) is 0 Å². The summed E-state index contributed by atoms with van der Waals surface area (Å²) in [7, 11) is 2.08. The summed E-state index contributed by atoms with van der Waals surface area (Å²) < 4.78 is 13.7. The van der Waals surface area contributed by atoms with Crippen LogP contribution in [-0.4, -0.2) is 18.5 Å². The van der Waals surface area contributed by atoms with E-state index in [0.717, 1.165) is 25.1 Å². The number of hydrogen-bond acceptors (Lipinski definition) is 1. The minimum absolute atomic E-state index is 0.150. The maximum atomic E-state index is 13.1. The number of halogens is 2. The molecule has 1 nitrogen and oxygen atoms in total. The lowest BCUT2D eigenvalue weighted by molar-refractivity contribution is 0.312. The summed E-state index contributed by atoms with van der Waals surface area (Å²) in [5.74, 6) is -0.150. The van der Waals surface area contributed by atoms with Crippen molar-refractivity contribution in [2.45, 2.75) is 13.0 Å². The van der Waals surface area contributed by atoms with Gasteiger partial charge in [0, 0.05) is 13.1 Å². The van der Waals surface area contributed by atoms with Crippen LogP contribution >= 0.6 is 15.9 Å². The number of fused-ring (bicyclic) bond motifs is 1. The van der Waals surface area contributed by atoms with Crippen molar-refractivity contribution in [1.29, 1.82) is 0 Å². The van der Waals surface area contributed by atoms with Gasteiger partial charge in [-0.2, -0.15) is 0 Å². The van der Waals surface area contributed by atoms with Gasteiger partial charge in [0.15, 0.2) is 0 Å². The molecule has 1 aliphatic rings. The molecular weight excluding hydrogens is 233 g/mol. The van der Waals surface area contributed by atoms with Crippen LogP contribution in [0.4, 0.5) is 4.39 Å². The van der Waals surface area contributed by atoms with Gasteiger partial charge >= 0.3 is 0 Å². The Balaban J connectivity index is 2.43. The van der Waals surface area contributed by atoms with Crippen LogP contribution in [0, 0.1) is 5.82 Å². The Bertz CT molecular complexity index is 338. The van der Waals surface area contributed by atoms with E-state index in [1.165, 1.54) is 5.56 Å². The van der Waals surface area contributed by atoms with Crippen LogP contribution in [0.15, 0.2) is 16.6 Å². The van der Waals surface area contributed by atoms with Gasteiger partial charge in [-0.1, -0.05) is 0 Å². The fourth-order valence-electron chi connectivity index (χ4n) is 1.69. The second-order valence-corrected chi connectivity index (χ2v) is 4.38. The van der Waals surface area contributed by atoms with Crippen LogP contribution in [0.1, 0.15) is 11.1 Å². The fraction of sp³-hybridized carbons (Fsp3) is 0.400. The lowest BCUT2D eigenvalue weighted by atomic mass is 10.0. The fourth-order valence-corrected chi connectivity index (χ4v) is 2.08. The third kappa shape index (κ3) is 1.76. The molecule has 0 saturated carbocycles. The van der Waals surface area contributed by atoms with E-state index in [4.69, 9.17) is 0 Å². The van der Waals surface area contributed by atoms with Gasteiger partial charge in [0.2, 0.25) is 0 Å². The maximum absolute atomic E-state index is 13.1.